The molecule has 2 amide bonds. The minimum atomic E-state index is -1.55. The maximum Gasteiger partial charge on any atom is 0.291 e. The van der Waals surface area contributed by atoms with Crippen molar-refractivity contribution in [2.45, 2.75) is 32.4 Å². The number of anilines is 1. The number of carbonyl (C=O) groups excluding carboxylic acids is 2. The molecule has 6 nitrogen and oxygen atoms in total. The molecule has 1 spiro atoms. The summed E-state index contributed by atoms with van der Waals surface area (Å²) in [5, 5.41) is 0.360. The fourth-order valence-electron chi connectivity index (χ4n) is 5.49. The lowest BCUT2D eigenvalue weighted by atomic mass is 9.84. The normalized spacial score (nSPS) is 18.6. The molecule has 6 heteroatoms. The van der Waals surface area contributed by atoms with E-state index in [-0.39, 0.29) is 22.7 Å². The van der Waals surface area contributed by atoms with Crippen LogP contribution >= 0.6 is 0 Å². The number of carbonyl (C=O) groups is 2. The first-order chi connectivity index (χ1) is 17.0. The van der Waals surface area contributed by atoms with Crippen molar-refractivity contribution < 1.29 is 14.0 Å². The minimum absolute atomic E-state index is 0.0394. The molecular weight excluding hydrogens is 440 g/mol. The van der Waals surface area contributed by atoms with Crippen molar-refractivity contribution in [3.05, 3.63) is 111 Å². The number of fused-ring (bicyclic) bond motifs is 5. The number of nitrogens with zero attached hydrogens (tertiary/aromatic N) is 2. The van der Waals surface area contributed by atoms with Crippen LogP contribution in [0.4, 0.5) is 5.69 Å². The van der Waals surface area contributed by atoms with Crippen LogP contribution in [0, 0.1) is 6.92 Å². The summed E-state index contributed by atoms with van der Waals surface area (Å²) in [6.45, 7) is 4.62. The molecule has 0 saturated carbocycles. The minimum Gasteiger partial charge on any atom is -0.450 e. The van der Waals surface area contributed by atoms with Crippen LogP contribution in [0.1, 0.15) is 46.2 Å². The van der Waals surface area contributed by atoms with Gasteiger partial charge in [0.25, 0.3) is 11.8 Å². The molecule has 2 aliphatic rings. The molecule has 174 valence electrons. The van der Waals surface area contributed by atoms with Gasteiger partial charge >= 0.3 is 0 Å². The van der Waals surface area contributed by atoms with Gasteiger partial charge in [0.1, 0.15) is 5.58 Å². The average molecular weight is 465 g/mol. The highest BCUT2D eigenvalue weighted by Crippen LogP contribution is 2.52. The molecule has 0 bridgehead atoms. The largest absolute Gasteiger partial charge is 0.450 e. The summed E-state index contributed by atoms with van der Waals surface area (Å²) in [6.07, 6.45) is 0.628. The van der Waals surface area contributed by atoms with E-state index in [1.807, 2.05) is 62.4 Å². The second kappa shape index (κ2) is 7.67. The van der Waals surface area contributed by atoms with Crippen LogP contribution in [-0.4, -0.2) is 23.3 Å². The van der Waals surface area contributed by atoms with Crippen molar-refractivity contribution >= 4 is 28.5 Å². The number of hydrogen-bond acceptors (Lipinski definition) is 4. The molecule has 3 heterocycles. The van der Waals surface area contributed by atoms with Crippen molar-refractivity contribution in [2.75, 3.05) is 11.4 Å². The maximum atomic E-state index is 14.5. The molecule has 3 aromatic carbocycles. The quantitative estimate of drug-likeness (QED) is 0.437. The van der Waals surface area contributed by atoms with E-state index in [0.29, 0.717) is 41.7 Å². The van der Waals surface area contributed by atoms with Gasteiger partial charge in [-0.05, 0) is 37.1 Å². The monoisotopic (exact) mass is 464 g/mol. The van der Waals surface area contributed by atoms with Crippen molar-refractivity contribution in [1.29, 1.82) is 0 Å². The first-order valence-electron chi connectivity index (χ1n) is 11.8. The fraction of sp³-hybridized carbons (Fsp3) is 0.207. The second-order valence-corrected chi connectivity index (χ2v) is 9.19. The molecule has 0 aliphatic carbocycles. The summed E-state index contributed by atoms with van der Waals surface area (Å²) in [6, 6.07) is 22.3. The van der Waals surface area contributed by atoms with E-state index < -0.39 is 11.4 Å². The van der Waals surface area contributed by atoms with E-state index in [9.17, 15) is 14.4 Å². The molecule has 1 atom stereocenters. The van der Waals surface area contributed by atoms with Gasteiger partial charge in [-0.2, -0.15) is 0 Å². The van der Waals surface area contributed by atoms with E-state index in [1.165, 1.54) is 4.90 Å². The third-order valence-corrected chi connectivity index (χ3v) is 7.05. The fourth-order valence-corrected chi connectivity index (χ4v) is 5.49. The Kier molecular flexibility index (Phi) is 4.68. The number of hydrogen-bond donors (Lipinski definition) is 0. The van der Waals surface area contributed by atoms with Crippen LogP contribution in [-0.2, 0) is 16.9 Å². The summed E-state index contributed by atoms with van der Waals surface area (Å²) in [7, 11) is 0. The van der Waals surface area contributed by atoms with Crippen LogP contribution in [0.3, 0.4) is 0 Å². The zero-order chi connectivity index (χ0) is 24.3. The molecule has 4 aromatic rings. The third-order valence-electron chi connectivity index (χ3n) is 7.05. The first-order valence-corrected chi connectivity index (χ1v) is 11.8. The van der Waals surface area contributed by atoms with E-state index in [2.05, 4.69) is 0 Å². The Morgan fingerprint density at radius 1 is 0.886 bits per heavy atom. The molecule has 2 aliphatic heterocycles. The highest BCUT2D eigenvalue weighted by Gasteiger charge is 2.64. The van der Waals surface area contributed by atoms with E-state index in [1.54, 1.807) is 29.2 Å². The summed E-state index contributed by atoms with van der Waals surface area (Å²) in [4.78, 5) is 45.4. The number of benzene rings is 3. The number of rotatable bonds is 4. The molecule has 1 unspecified atom stereocenters. The third kappa shape index (κ3) is 2.80. The van der Waals surface area contributed by atoms with Crippen LogP contribution in [0.2, 0.25) is 0 Å². The van der Waals surface area contributed by atoms with Gasteiger partial charge in [-0.25, -0.2) is 0 Å². The molecule has 6 rings (SSSR count). The van der Waals surface area contributed by atoms with E-state index >= 15 is 0 Å². The Bertz CT molecular complexity index is 1570. The van der Waals surface area contributed by atoms with Gasteiger partial charge in [0, 0.05) is 12.1 Å². The van der Waals surface area contributed by atoms with Crippen LogP contribution < -0.4 is 10.3 Å². The molecule has 0 radical (unpaired) electrons. The van der Waals surface area contributed by atoms with Gasteiger partial charge in [-0.15, -0.1) is 0 Å². The van der Waals surface area contributed by atoms with Gasteiger partial charge in [-0.3, -0.25) is 14.4 Å². The number of para-hydroxylation sites is 2. The van der Waals surface area contributed by atoms with Crippen molar-refractivity contribution in [3.63, 3.8) is 0 Å². The topological polar surface area (TPSA) is 70.8 Å². The summed E-state index contributed by atoms with van der Waals surface area (Å²) in [5.41, 5.74) is 2.02. The zero-order valence-corrected chi connectivity index (χ0v) is 19.6. The van der Waals surface area contributed by atoms with E-state index in [0.717, 1.165) is 11.1 Å². The average Bonchev–Trinajstić information content (AvgIpc) is 3.26. The maximum absolute atomic E-state index is 14.5. The van der Waals surface area contributed by atoms with Crippen LogP contribution in [0.5, 0.6) is 0 Å². The SMILES string of the molecule is CCCN1C(=O)c2oc3ccccc3c(=O)c2C12C(=O)N(Cc1ccc(C)cc1)c1ccccc12. The van der Waals surface area contributed by atoms with Crippen molar-refractivity contribution in [1.82, 2.24) is 4.90 Å². The Balaban J connectivity index is 1.64. The molecule has 35 heavy (non-hydrogen) atoms. The standard InChI is InChI=1S/C29H24N2O4/c1-3-16-31-27(33)26-24(25(32)20-8-4-7-11-23(20)35-26)29(31)21-9-5-6-10-22(21)30(28(29)34)17-19-14-12-18(2)13-15-19/h4-15H,3,16-17H2,1-2H3. The lowest BCUT2D eigenvalue weighted by Gasteiger charge is -2.34. The molecule has 0 N–H and O–H groups in total. The molecule has 0 fully saturated rings. The van der Waals surface area contributed by atoms with Crippen LogP contribution in [0.15, 0.2) is 82.0 Å². The van der Waals surface area contributed by atoms with Gasteiger partial charge in [0.15, 0.2) is 11.0 Å². The molecule has 0 saturated heterocycles. The van der Waals surface area contributed by atoms with Gasteiger partial charge in [0.2, 0.25) is 5.76 Å². The Morgan fingerprint density at radius 2 is 1.60 bits per heavy atom. The van der Waals surface area contributed by atoms with Crippen molar-refractivity contribution in [3.8, 4) is 0 Å². The molecular formula is C29H24N2O4. The summed E-state index contributed by atoms with van der Waals surface area (Å²) >= 11 is 0. The van der Waals surface area contributed by atoms with Gasteiger partial charge < -0.3 is 14.2 Å². The number of amides is 2. The zero-order valence-electron chi connectivity index (χ0n) is 19.6. The Labute approximate surface area is 202 Å². The lowest BCUT2D eigenvalue weighted by Crippen LogP contribution is -2.53. The van der Waals surface area contributed by atoms with Gasteiger partial charge in [-0.1, -0.05) is 67.1 Å². The highest BCUT2D eigenvalue weighted by atomic mass is 16.3. The van der Waals surface area contributed by atoms with Gasteiger partial charge in [0.05, 0.1) is 23.2 Å². The summed E-state index contributed by atoms with van der Waals surface area (Å²) in [5.74, 6) is -0.769. The summed E-state index contributed by atoms with van der Waals surface area (Å²) < 4.78 is 6.03. The second-order valence-electron chi connectivity index (χ2n) is 9.19. The Hall–Kier alpha value is -4.19. The lowest BCUT2D eigenvalue weighted by molar-refractivity contribution is -0.126. The first kappa shape index (κ1) is 21.4. The Morgan fingerprint density at radius 3 is 2.37 bits per heavy atom. The smallest absolute Gasteiger partial charge is 0.291 e. The highest BCUT2D eigenvalue weighted by molar-refractivity contribution is 6.17. The number of aryl methyl sites for hydroxylation is 1. The van der Waals surface area contributed by atoms with Crippen LogP contribution in [0.25, 0.3) is 11.0 Å². The molecule has 1 aromatic heterocycles. The van der Waals surface area contributed by atoms with E-state index in [4.69, 9.17) is 4.42 Å². The predicted octanol–water partition coefficient (Wildman–Crippen LogP) is 4.76. The van der Waals surface area contributed by atoms with Crippen molar-refractivity contribution in [2.24, 2.45) is 0 Å². The predicted molar refractivity (Wildman–Crippen MR) is 133 cm³/mol.